The van der Waals surface area contributed by atoms with Crippen molar-refractivity contribution in [2.24, 2.45) is 5.92 Å². The van der Waals surface area contributed by atoms with E-state index >= 15 is 0 Å². The summed E-state index contributed by atoms with van der Waals surface area (Å²) in [5, 5.41) is 10.3. The van der Waals surface area contributed by atoms with Crippen molar-refractivity contribution < 1.29 is 5.11 Å². The molecular formula is C24H30ClNO. The zero-order valence-electron chi connectivity index (χ0n) is 16.0. The zero-order chi connectivity index (χ0) is 18.6. The summed E-state index contributed by atoms with van der Waals surface area (Å²) in [7, 11) is 0. The van der Waals surface area contributed by atoms with Gasteiger partial charge in [0.1, 0.15) is 0 Å². The molecule has 1 heterocycles. The Balaban J connectivity index is 1.58. The van der Waals surface area contributed by atoms with Gasteiger partial charge in [0.2, 0.25) is 0 Å². The molecule has 2 aromatic rings. The van der Waals surface area contributed by atoms with Crippen molar-refractivity contribution in [3.05, 3.63) is 70.2 Å². The van der Waals surface area contributed by atoms with Crippen LogP contribution in [0.1, 0.15) is 60.8 Å². The molecule has 0 spiro atoms. The maximum Gasteiger partial charge on any atom is 0.0471 e. The van der Waals surface area contributed by atoms with Gasteiger partial charge in [-0.3, -0.25) is 4.90 Å². The number of likely N-dealkylation sites (tertiary alicyclic amines) is 1. The maximum absolute atomic E-state index is 9.44. The second-order valence-corrected chi connectivity index (χ2v) is 8.63. The van der Waals surface area contributed by atoms with Gasteiger partial charge in [0, 0.05) is 24.2 Å². The number of hydrogen-bond acceptors (Lipinski definition) is 2. The van der Waals surface area contributed by atoms with Gasteiger partial charge in [0.25, 0.3) is 0 Å². The minimum atomic E-state index is 0.225. The van der Waals surface area contributed by atoms with Crippen LogP contribution < -0.4 is 0 Å². The van der Waals surface area contributed by atoms with Crippen molar-refractivity contribution in [3.8, 4) is 0 Å². The minimum Gasteiger partial charge on any atom is -0.396 e. The summed E-state index contributed by atoms with van der Waals surface area (Å²) in [4.78, 5) is 2.73. The minimum absolute atomic E-state index is 0.225. The van der Waals surface area contributed by atoms with Crippen LogP contribution in [-0.4, -0.2) is 29.7 Å². The van der Waals surface area contributed by atoms with Crippen molar-refractivity contribution in [3.63, 3.8) is 0 Å². The molecule has 27 heavy (non-hydrogen) atoms. The Labute approximate surface area is 168 Å². The first-order valence-corrected chi connectivity index (χ1v) is 10.8. The van der Waals surface area contributed by atoms with E-state index in [2.05, 4.69) is 41.3 Å². The average Bonchev–Trinajstić information content (AvgIpc) is 2.66. The van der Waals surface area contributed by atoms with E-state index < -0.39 is 0 Å². The number of aliphatic hydroxyl groups is 1. The van der Waals surface area contributed by atoms with Crippen molar-refractivity contribution in [2.75, 3.05) is 19.7 Å². The monoisotopic (exact) mass is 383 g/mol. The second-order valence-electron chi connectivity index (χ2n) is 8.19. The van der Waals surface area contributed by atoms with E-state index in [4.69, 9.17) is 11.6 Å². The number of benzene rings is 2. The first-order chi connectivity index (χ1) is 13.3. The van der Waals surface area contributed by atoms with E-state index in [9.17, 15) is 5.11 Å². The highest BCUT2D eigenvalue weighted by Crippen LogP contribution is 2.44. The number of halogens is 1. The lowest BCUT2D eigenvalue weighted by Gasteiger charge is -2.45. The number of rotatable bonds is 6. The highest BCUT2D eigenvalue weighted by atomic mass is 35.5. The quantitative estimate of drug-likeness (QED) is 0.702. The maximum atomic E-state index is 9.44. The molecule has 2 nitrogen and oxygen atoms in total. The van der Waals surface area contributed by atoms with Crippen LogP contribution in [0, 0.1) is 5.92 Å². The van der Waals surface area contributed by atoms with Crippen molar-refractivity contribution in [2.45, 2.75) is 50.5 Å². The molecule has 2 fully saturated rings. The van der Waals surface area contributed by atoms with Crippen LogP contribution in [0.2, 0.25) is 5.02 Å². The van der Waals surface area contributed by atoms with Gasteiger partial charge in [-0.05, 0) is 79.3 Å². The zero-order valence-corrected chi connectivity index (χ0v) is 16.7. The normalized spacial score (nSPS) is 22.4. The van der Waals surface area contributed by atoms with E-state index in [1.807, 2.05) is 12.1 Å². The lowest BCUT2D eigenvalue weighted by atomic mass is 9.75. The molecule has 2 aliphatic rings. The van der Waals surface area contributed by atoms with Gasteiger partial charge in [0.15, 0.2) is 0 Å². The molecule has 0 amide bonds. The predicted molar refractivity (Wildman–Crippen MR) is 112 cm³/mol. The van der Waals surface area contributed by atoms with E-state index in [0.29, 0.717) is 12.0 Å². The van der Waals surface area contributed by atoms with E-state index in [-0.39, 0.29) is 6.61 Å². The lowest BCUT2D eigenvalue weighted by molar-refractivity contribution is 0.0697. The van der Waals surface area contributed by atoms with Crippen LogP contribution in [0.5, 0.6) is 0 Å². The third-order valence-corrected chi connectivity index (χ3v) is 6.78. The molecule has 2 aromatic carbocycles. The molecule has 1 aliphatic carbocycles. The third kappa shape index (κ3) is 4.23. The summed E-state index contributed by atoms with van der Waals surface area (Å²) in [6.45, 7) is 2.53. The largest absolute Gasteiger partial charge is 0.396 e. The summed E-state index contributed by atoms with van der Waals surface area (Å²) in [5.74, 6) is 1.34. The van der Waals surface area contributed by atoms with Gasteiger partial charge in [-0.2, -0.15) is 0 Å². The van der Waals surface area contributed by atoms with Crippen LogP contribution in [-0.2, 0) is 6.42 Å². The summed E-state index contributed by atoms with van der Waals surface area (Å²) >= 11 is 6.15. The van der Waals surface area contributed by atoms with Crippen LogP contribution >= 0.6 is 11.6 Å². The van der Waals surface area contributed by atoms with E-state index in [0.717, 1.165) is 23.9 Å². The Kier molecular flexibility index (Phi) is 6.17. The van der Waals surface area contributed by atoms with Gasteiger partial charge in [-0.15, -0.1) is 0 Å². The van der Waals surface area contributed by atoms with Gasteiger partial charge >= 0.3 is 0 Å². The number of nitrogens with zero attached hydrogens (tertiary/aromatic N) is 1. The van der Waals surface area contributed by atoms with Crippen LogP contribution in [0.15, 0.2) is 48.5 Å². The van der Waals surface area contributed by atoms with Gasteiger partial charge in [0.05, 0.1) is 0 Å². The molecule has 1 saturated carbocycles. The van der Waals surface area contributed by atoms with Crippen LogP contribution in [0.3, 0.4) is 0 Å². The summed E-state index contributed by atoms with van der Waals surface area (Å²) < 4.78 is 0. The Bertz CT molecular complexity index is 740. The Morgan fingerprint density at radius 3 is 2.48 bits per heavy atom. The highest BCUT2D eigenvalue weighted by Gasteiger charge is 2.35. The van der Waals surface area contributed by atoms with Gasteiger partial charge in [-0.25, -0.2) is 0 Å². The van der Waals surface area contributed by atoms with Crippen LogP contribution in [0.4, 0.5) is 0 Å². The van der Waals surface area contributed by atoms with E-state index in [1.165, 1.54) is 55.3 Å². The van der Waals surface area contributed by atoms with Crippen molar-refractivity contribution in [1.82, 2.24) is 4.90 Å². The smallest absolute Gasteiger partial charge is 0.0471 e. The van der Waals surface area contributed by atoms with Crippen molar-refractivity contribution >= 4 is 11.6 Å². The second kappa shape index (κ2) is 8.77. The summed E-state index contributed by atoms with van der Waals surface area (Å²) in [6.07, 6.45) is 7.30. The fourth-order valence-corrected chi connectivity index (χ4v) is 5.12. The topological polar surface area (TPSA) is 23.5 Å². The molecule has 1 saturated heterocycles. The van der Waals surface area contributed by atoms with Crippen molar-refractivity contribution in [1.29, 1.82) is 0 Å². The molecule has 144 valence electrons. The summed E-state index contributed by atoms with van der Waals surface area (Å²) in [5.41, 5.74) is 4.19. The third-order valence-electron chi connectivity index (χ3n) is 6.53. The molecule has 0 bridgehead atoms. The molecule has 1 aliphatic heterocycles. The first-order valence-electron chi connectivity index (χ1n) is 10.4. The van der Waals surface area contributed by atoms with Crippen LogP contribution in [0.25, 0.3) is 0 Å². The molecule has 2 atom stereocenters. The molecule has 2 unspecified atom stereocenters. The Hall–Kier alpha value is -1.35. The SMILES string of the molecule is OCCc1ccccc1C1CCCN(C(c2ccc(Cl)cc2)C2CCC2)C1. The predicted octanol–water partition coefficient (Wildman–Crippen LogP) is 5.60. The fourth-order valence-electron chi connectivity index (χ4n) is 4.99. The number of hydrogen-bond donors (Lipinski definition) is 1. The molecule has 0 aromatic heterocycles. The average molecular weight is 384 g/mol. The molecule has 0 radical (unpaired) electrons. The first kappa shape index (κ1) is 19.0. The molecule has 4 rings (SSSR count). The molecular weight excluding hydrogens is 354 g/mol. The van der Waals surface area contributed by atoms with Gasteiger partial charge in [-0.1, -0.05) is 54.4 Å². The lowest BCUT2D eigenvalue weighted by Crippen LogP contribution is -2.42. The molecule has 1 N–H and O–H groups in total. The van der Waals surface area contributed by atoms with Gasteiger partial charge < -0.3 is 5.11 Å². The number of piperidine rings is 1. The summed E-state index contributed by atoms with van der Waals surface area (Å²) in [6, 6.07) is 17.8. The number of aliphatic hydroxyl groups excluding tert-OH is 1. The standard InChI is InChI=1S/C24H30ClNO/c25-22-12-10-20(11-13-22)24(19-6-3-7-19)26-15-4-8-21(17-26)23-9-2-1-5-18(23)14-16-27/h1-2,5,9-13,19,21,24,27H,3-4,6-8,14-17H2. The van der Waals surface area contributed by atoms with E-state index in [1.54, 1.807) is 0 Å². The fraction of sp³-hybridized carbons (Fsp3) is 0.500. The highest BCUT2D eigenvalue weighted by molar-refractivity contribution is 6.30. The Morgan fingerprint density at radius 2 is 1.78 bits per heavy atom. The Morgan fingerprint density at radius 1 is 1.00 bits per heavy atom. The molecule has 3 heteroatoms.